The number of aromatic nitrogens is 1. The number of benzene rings is 2. The van der Waals surface area contributed by atoms with Crippen molar-refractivity contribution in [3.8, 4) is 0 Å². The quantitative estimate of drug-likeness (QED) is 0.726. The summed E-state index contributed by atoms with van der Waals surface area (Å²) in [6.07, 6.45) is 0.824. The van der Waals surface area contributed by atoms with Crippen LogP contribution in [-0.4, -0.2) is 23.3 Å². The number of aryl methyl sites for hydroxylation is 3. The van der Waals surface area contributed by atoms with E-state index in [2.05, 4.69) is 15.6 Å². The highest BCUT2D eigenvalue weighted by atomic mass is 16.2. The van der Waals surface area contributed by atoms with Gasteiger partial charge in [0.1, 0.15) is 0 Å². The summed E-state index contributed by atoms with van der Waals surface area (Å²) in [5.74, 6) is -0.561. The van der Waals surface area contributed by atoms with Crippen LogP contribution in [0.15, 0.2) is 48.5 Å². The van der Waals surface area contributed by atoms with Gasteiger partial charge in [0.25, 0.3) is 5.91 Å². The SMILES string of the molecule is CCc1ccccc1NC(=O)CNC(=O)c1cc2cc(C)ccc2nc1C. The van der Waals surface area contributed by atoms with E-state index in [0.29, 0.717) is 11.3 Å². The van der Waals surface area contributed by atoms with Gasteiger partial charge in [-0.25, -0.2) is 0 Å². The van der Waals surface area contributed by atoms with E-state index in [1.807, 2.05) is 62.4 Å². The molecule has 5 heteroatoms. The second kappa shape index (κ2) is 7.99. The molecule has 3 rings (SSSR count). The van der Waals surface area contributed by atoms with E-state index >= 15 is 0 Å². The first-order chi connectivity index (χ1) is 13.0. The van der Waals surface area contributed by atoms with Crippen LogP contribution in [0.5, 0.6) is 0 Å². The topological polar surface area (TPSA) is 71.1 Å². The fourth-order valence-corrected chi connectivity index (χ4v) is 3.02. The van der Waals surface area contributed by atoms with Crippen molar-refractivity contribution >= 4 is 28.4 Å². The van der Waals surface area contributed by atoms with Gasteiger partial charge in [0.2, 0.25) is 5.91 Å². The minimum absolute atomic E-state index is 0.0951. The number of rotatable bonds is 5. The lowest BCUT2D eigenvalue weighted by Gasteiger charge is -2.11. The number of fused-ring (bicyclic) bond motifs is 1. The van der Waals surface area contributed by atoms with Crippen molar-refractivity contribution in [3.05, 3.63) is 70.9 Å². The van der Waals surface area contributed by atoms with Gasteiger partial charge in [-0.3, -0.25) is 14.6 Å². The standard InChI is InChI=1S/C22H23N3O2/c1-4-16-7-5-6-8-19(16)25-21(26)13-23-22(27)18-12-17-11-14(2)9-10-20(17)24-15(18)3/h5-12H,4,13H2,1-3H3,(H,23,27)(H,25,26). The van der Waals surface area contributed by atoms with E-state index in [0.717, 1.165) is 34.1 Å². The van der Waals surface area contributed by atoms with Crippen molar-refractivity contribution in [3.63, 3.8) is 0 Å². The Morgan fingerprint density at radius 1 is 1.04 bits per heavy atom. The van der Waals surface area contributed by atoms with Crippen LogP contribution in [-0.2, 0) is 11.2 Å². The smallest absolute Gasteiger partial charge is 0.253 e. The number of anilines is 1. The predicted octanol–water partition coefficient (Wildman–Crippen LogP) is 3.78. The van der Waals surface area contributed by atoms with Crippen LogP contribution in [0.1, 0.15) is 34.1 Å². The number of hydrogen-bond donors (Lipinski definition) is 2. The Morgan fingerprint density at radius 2 is 1.81 bits per heavy atom. The minimum atomic E-state index is -0.303. The average molecular weight is 361 g/mol. The third-order valence-corrected chi connectivity index (χ3v) is 4.49. The van der Waals surface area contributed by atoms with Crippen LogP contribution in [0.25, 0.3) is 10.9 Å². The van der Waals surface area contributed by atoms with Gasteiger partial charge in [0.05, 0.1) is 23.3 Å². The zero-order chi connectivity index (χ0) is 19.4. The summed E-state index contributed by atoms with van der Waals surface area (Å²) < 4.78 is 0. The Hall–Kier alpha value is -3.21. The summed E-state index contributed by atoms with van der Waals surface area (Å²) in [5.41, 5.74) is 4.91. The Kier molecular flexibility index (Phi) is 5.50. The van der Waals surface area contributed by atoms with Gasteiger partial charge in [-0.05, 0) is 50.1 Å². The molecule has 0 fully saturated rings. The van der Waals surface area contributed by atoms with Crippen LogP contribution in [0.4, 0.5) is 5.69 Å². The van der Waals surface area contributed by atoms with E-state index in [1.165, 1.54) is 0 Å². The van der Waals surface area contributed by atoms with E-state index < -0.39 is 0 Å². The molecule has 0 unspecified atom stereocenters. The number of nitrogens with zero attached hydrogens (tertiary/aromatic N) is 1. The highest BCUT2D eigenvalue weighted by Gasteiger charge is 2.13. The number of para-hydroxylation sites is 1. The van der Waals surface area contributed by atoms with Crippen molar-refractivity contribution in [2.24, 2.45) is 0 Å². The molecule has 3 aromatic rings. The van der Waals surface area contributed by atoms with Gasteiger partial charge < -0.3 is 10.6 Å². The largest absolute Gasteiger partial charge is 0.343 e. The van der Waals surface area contributed by atoms with E-state index in [-0.39, 0.29) is 18.4 Å². The molecule has 0 saturated heterocycles. The summed E-state index contributed by atoms with van der Waals surface area (Å²) in [6.45, 7) is 5.73. The molecule has 0 aliphatic rings. The van der Waals surface area contributed by atoms with Crippen molar-refractivity contribution < 1.29 is 9.59 Å². The van der Waals surface area contributed by atoms with Gasteiger partial charge in [-0.1, -0.05) is 36.8 Å². The maximum absolute atomic E-state index is 12.5. The van der Waals surface area contributed by atoms with Crippen molar-refractivity contribution in [2.75, 3.05) is 11.9 Å². The lowest BCUT2D eigenvalue weighted by Crippen LogP contribution is -2.33. The lowest BCUT2D eigenvalue weighted by molar-refractivity contribution is -0.115. The van der Waals surface area contributed by atoms with Crippen LogP contribution < -0.4 is 10.6 Å². The van der Waals surface area contributed by atoms with E-state index in [4.69, 9.17) is 0 Å². The summed E-state index contributed by atoms with van der Waals surface area (Å²) >= 11 is 0. The molecule has 5 nitrogen and oxygen atoms in total. The molecule has 0 saturated carbocycles. The highest BCUT2D eigenvalue weighted by Crippen LogP contribution is 2.18. The van der Waals surface area contributed by atoms with Crippen LogP contribution in [0.2, 0.25) is 0 Å². The number of pyridine rings is 1. The molecule has 0 aliphatic carbocycles. The third kappa shape index (κ3) is 4.31. The number of carbonyl (C=O) groups excluding carboxylic acids is 2. The Morgan fingerprint density at radius 3 is 2.59 bits per heavy atom. The zero-order valence-corrected chi connectivity index (χ0v) is 15.8. The van der Waals surface area contributed by atoms with Crippen molar-refractivity contribution in [2.45, 2.75) is 27.2 Å². The maximum Gasteiger partial charge on any atom is 0.253 e. The van der Waals surface area contributed by atoms with Gasteiger partial charge in [0.15, 0.2) is 0 Å². The first kappa shape index (κ1) is 18.6. The molecule has 1 heterocycles. The summed E-state index contributed by atoms with van der Waals surface area (Å²) in [7, 11) is 0. The second-order valence-corrected chi connectivity index (χ2v) is 6.56. The molecule has 0 aliphatic heterocycles. The van der Waals surface area contributed by atoms with Gasteiger partial charge >= 0.3 is 0 Å². The third-order valence-electron chi connectivity index (χ3n) is 4.49. The molecular weight excluding hydrogens is 338 g/mol. The molecular formula is C22H23N3O2. The van der Waals surface area contributed by atoms with Crippen molar-refractivity contribution in [1.82, 2.24) is 10.3 Å². The lowest BCUT2D eigenvalue weighted by atomic mass is 10.1. The predicted molar refractivity (Wildman–Crippen MR) is 108 cm³/mol. The monoisotopic (exact) mass is 361 g/mol. The van der Waals surface area contributed by atoms with E-state index in [9.17, 15) is 9.59 Å². The number of carbonyl (C=O) groups is 2. The molecule has 2 amide bonds. The number of nitrogens with one attached hydrogen (secondary N) is 2. The molecule has 0 bridgehead atoms. The minimum Gasteiger partial charge on any atom is -0.343 e. The summed E-state index contributed by atoms with van der Waals surface area (Å²) in [4.78, 5) is 29.3. The maximum atomic E-state index is 12.5. The van der Waals surface area contributed by atoms with Gasteiger partial charge in [-0.2, -0.15) is 0 Å². The second-order valence-electron chi connectivity index (χ2n) is 6.56. The highest BCUT2D eigenvalue weighted by molar-refractivity contribution is 6.02. The zero-order valence-electron chi connectivity index (χ0n) is 15.8. The van der Waals surface area contributed by atoms with Crippen LogP contribution in [0.3, 0.4) is 0 Å². The molecule has 138 valence electrons. The van der Waals surface area contributed by atoms with Crippen LogP contribution in [0, 0.1) is 13.8 Å². The van der Waals surface area contributed by atoms with Gasteiger partial charge in [0, 0.05) is 11.1 Å². The summed E-state index contributed by atoms with van der Waals surface area (Å²) in [5, 5.41) is 6.45. The first-order valence-corrected chi connectivity index (χ1v) is 9.02. The van der Waals surface area contributed by atoms with Crippen molar-refractivity contribution in [1.29, 1.82) is 0 Å². The molecule has 1 aromatic heterocycles. The summed E-state index contributed by atoms with van der Waals surface area (Å²) in [6, 6.07) is 15.4. The van der Waals surface area contributed by atoms with Crippen LogP contribution >= 0.6 is 0 Å². The number of hydrogen-bond acceptors (Lipinski definition) is 3. The molecule has 0 atom stereocenters. The Bertz CT molecular complexity index is 1010. The van der Waals surface area contributed by atoms with E-state index in [1.54, 1.807) is 6.92 Å². The van der Waals surface area contributed by atoms with Gasteiger partial charge in [-0.15, -0.1) is 0 Å². The first-order valence-electron chi connectivity index (χ1n) is 9.02. The average Bonchev–Trinajstić information content (AvgIpc) is 2.66. The molecule has 0 spiro atoms. The normalized spacial score (nSPS) is 10.6. The number of amides is 2. The Labute approximate surface area is 158 Å². The fraction of sp³-hybridized carbons (Fsp3) is 0.227. The molecule has 2 aromatic carbocycles. The molecule has 27 heavy (non-hydrogen) atoms. The molecule has 0 radical (unpaired) electrons. The fourth-order valence-electron chi connectivity index (χ4n) is 3.02. The Balaban J connectivity index is 1.69. The molecule has 2 N–H and O–H groups in total.